The van der Waals surface area contributed by atoms with Gasteiger partial charge < -0.3 is 10.6 Å². The number of hydrogen-bond donors (Lipinski definition) is 2. The van der Waals surface area contributed by atoms with Crippen LogP contribution in [-0.4, -0.2) is 41.6 Å². The maximum Gasteiger partial charge on any atom is 0.191 e. The van der Waals surface area contributed by atoms with Crippen molar-refractivity contribution in [1.82, 2.24) is 15.6 Å². The minimum absolute atomic E-state index is 0. The first-order valence-corrected chi connectivity index (χ1v) is 8.87. The summed E-state index contributed by atoms with van der Waals surface area (Å²) in [5.41, 5.74) is 2.60. The van der Waals surface area contributed by atoms with Crippen molar-refractivity contribution in [1.29, 1.82) is 0 Å². The predicted octanol–water partition coefficient (Wildman–Crippen LogP) is 3.00. The van der Waals surface area contributed by atoms with E-state index in [-0.39, 0.29) is 24.0 Å². The van der Waals surface area contributed by atoms with Gasteiger partial charge in [0, 0.05) is 30.7 Å². The number of aliphatic imine (C=N–C) groups is 1. The molecule has 1 aliphatic heterocycles. The third kappa shape index (κ3) is 6.73. The number of aryl methyl sites for hydroxylation is 1. The van der Waals surface area contributed by atoms with Crippen molar-refractivity contribution in [3.05, 3.63) is 29.6 Å². The van der Waals surface area contributed by atoms with Gasteiger partial charge >= 0.3 is 0 Å². The Morgan fingerprint density at radius 3 is 3.00 bits per heavy atom. The van der Waals surface area contributed by atoms with Crippen molar-refractivity contribution in [2.75, 3.05) is 25.4 Å². The zero-order chi connectivity index (χ0) is 14.9. The average Bonchev–Trinajstić information content (AvgIpc) is 3.00. The summed E-state index contributed by atoms with van der Waals surface area (Å²) in [5, 5.41) is 7.47. The largest absolute Gasteiger partial charge is 0.357 e. The first kappa shape index (κ1) is 19.5. The molecule has 0 radical (unpaired) electrons. The Bertz CT molecular complexity index is 461. The molecule has 1 aromatic rings. The maximum atomic E-state index is 4.71. The lowest BCUT2D eigenvalue weighted by Crippen LogP contribution is -2.38. The van der Waals surface area contributed by atoms with E-state index in [4.69, 9.17) is 4.99 Å². The third-order valence-corrected chi connectivity index (χ3v) is 5.03. The molecule has 0 bridgehead atoms. The van der Waals surface area contributed by atoms with Crippen molar-refractivity contribution in [3.8, 4) is 0 Å². The first-order chi connectivity index (χ1) is 10.3. The highest BCUT2D eigenvalue weighted by molar-refractivity contribution is 14.0. The van der Waals surface area contributed by atoms with Crippen LogP contribution in [0.3, 0.4) is 0 Å². The van der Waals surface area contributed by atoms with Gasteiger partial charge in [-0.2, -0.15) is 11.8 Å². The normalized spacial score (nSPS) is 17.9. The highest BCUT2D eigenvalue weighted by Gasteiger charge is 2.14. The van der Waals surface area contributed by atoms with E-state index in [1.54, 1.807) is 0 Å². The van der Waals surface area contributed by atoms with E-state index in [1.165, 1.54) is 29.7 Å². The van der Waals surface area contributed by atoms with Gasteiger partial charge in [-0.05, 0) is 56.1 Å². The topological polar surface area (TPSA) is 49.3 Å². The Kier molecular flexibility index (Phi) is 9.86. The van der Waals surface area contributed by atoms with Crippen molar-refractivity contribution < 1.29 is 0 Å². The van der Waals surface area contributed by atoms with Crippen LogP contribution in [0, 0.1) is 6.92 Å². The highest BCUT2D eigenvalue weighted by atomic mass is 127. The Balaban J connectivity index is 0.00000242. The van der Waals surface area contributed by atoms with Gasteiger partial charge in [-0.25, -0.2) is 0 Å². The third-order valence-electron chi connectivity index (χ3n) is 3.64. The highest BCUT2D eigenvalue weighted by Crippen LogP contribution is 2.25. The lowest BCUT2D eigenvalue weighted by molar-refractivity contribution is 0.760. The van der Waals surface area contributed by atoms with Crippen LogP contribution in [0.15, 0.2) is 23.5 Å². The fourth-order valence-electron chi connectivity index (χ4n) is 2.42. The molecule has 1 atom stereocenters. The molecule has 6 heteroatoms. The molecule has 2 N–H and O–H groups in total. The fourth-order valence-corrected chi connectivity index (χ4v) is 3.60. The van der Waals surface area contributed by atoms with Crippen LogP contribution in [0.4, 0.5) is 0 Å². The number of guanidine groups is 1. The Morgan fingerprint density at radius 2 is 2.32 bits per heavy atom. The number of nitrogens with zero attached hydrogens (tertiary/aromatic N) is 2. The quantitative estimate of drug-likeness (QED) is 0.411. The molecule has 1 saturated heterocycles. The Morgan fingerprint density at radius 1 is 1.45 bits per heavy atom. The molecule has 1 fully saturated rings. The van der Waals surface area contributed by atoms with E-state index < -0.39 is 0 Å². The second-order valence-corrected chi connectivity index (χ2v) is 6.74. The van der Waals surface area contributed by atoms with Gasteiger partial charge in [0.2, 0.25) is 0 Å². The van der Waals surface area contributed by atoms with Crippen LogP contribution in [-0.2, 0) is 6.42 Å². The Labute approximate surface area is 155 Å². The molecule has 2 heterocycles. The van der Waals surface area contributed by atoms with Crippen molar-refractivity contribution in [2.24, 2.45) is 4.99 Å². The standard InChI is InChI=1S/C16H26N4S.HI/c1-3-18-16(20-12-15-5-4-10-21-15)19-9-7-14-6-8-17-11-13(14)2;/h6,8,11,15H,3-5,7,9-10,12H2,1-2H3,(H2,18,19,20);1H. The van der Waals surface area contributed by atoms with Gasteiger partial charge in [-0.1, -0.05) is 0 Å². The van der Waals surface area contributed by atoms with Crippen LogP contribution in [0.1, 0.15) is 30.9 Å². The molecule has 0 spiro atoms. The molecule has 2 rings (SSSR count). The van der Waals surface area contributed by atoms with Crippen LogP contribution < -0.4 is 10.6 Å². The summed E-state index contributed by atoms with van der Waals surface area (Å²) in [4.78, 5) is 8.84. The molecule has 0 amide bonds. The number of thioether (sulfide) groups is 1. The lowest BCUT2D eigenvalue weighted by Gasteiger charge is -2.13. The van der Waals surface area contributed by atoms with Gasteiger partial charge in [-0.15, -0.1) is 24.0 Å². The summed E-state index contributed by atoms with van der Waals surface area (Å²) in [6.45, 7) is 6.94. The maximum absolute atomic E-state index is 4.71. The Hall–Kier alpha value is -0.500. The molecule has 0 aliphatic carbocycles. The summed E-state index contributed by atoms with van der Waals surface area (Å²) in [6, 6.07) is 2.09. The van der Waals surface area contributed by atoms with Gasteiger partial charge in [0.05, 0.1) is 6.54 Å². The predicted molar refractivity (Wildman–Crippen MR) is 108 cm³/mol. The van der Waals surface area contributed by atoms with Crippen molar-refractivity contribution >= 4 is 41.7 Å². The van der Waals surface area contributed by atoms with Crippen molar-refractivity contribution in [3.63, 3.8) is 0 Å². The summed E-state index contributed by atoms with van der Waals surface area (Å²) in [7, 11) is 0. The lowest BCUT2D eigenvalue weighted by atomic mass is 10.1. The second-order valence-electron chi connectivity index (χ2n) is 5.33. The second kappa shape index (κ2) is 11.1. The van der Waals surface area contributed by atoms with Crippen LogP contribution in [0.2, 0.25) is 0 Å². The van der Waals surface area contributed by atoms with Gasteiger partial charge in [0.15, 0.2) is 5.96 Å². The van der Waals surface area contributed by atoms with E-state index in [2.05, 4.69) is 47.3 Å². The molecular weight excluding hydrogens is 407 g/mol. The van der Waals surface area contributed by atoms with E-state index in [1.807, 2.05) is 12.4 Å². The smallest absolute Gasteiger partial charge is 0.191 e. The summed E-state index contributed by atoms with van der Waals surface area (Å²) < 4.78 is 0. The van der Waals surface area contributed by atoms with E-state index in [9.17, 15) is 0 Å². The molecule has 22 heavy (non-hydrogen) atoms. The molecule has 1 unspecified atom stereocenters. The molecule has 124 valence electrons. The van der Waals surface area contributed by atoms with E-state index >= 15 is 0 Å². The summed E-state index contributed by atoms with van der Waals surface area (Å²) in [6.07, 6.45) is 7.43. The van der Waals surface area contributed by atoms with Gasteiger partial charge in [-0.3, -0.25) is 9.98 Å². The molecule has 1 aliphatic rings. The zero-order valence-electron chi connectivity index (χ0n) is 13.5. The summed E-state index contributed by atoms with van der Waals surface area (Å²) in [5.74, 6) is 2.24. The number of hydrogen-bond acceptors (Lipinski definition) is 3. The number of aromatic nitrogens is 1. The van der Waals surface area contributed by atoms with Crippen LogP contribution >= 0.6 is 35.7 Å². The minimum Gasteiger partial charge on any atom is -0.357 e. The summed E-state index contributed by atoms with van der Waals surface area (Å²) >= 11 is 2.06. The minimum atomic E-state index is 0. The SMILES string of the molecule is CCNC(=NCC1CCCS1)NCCc1ccncc1C.I. The monoisotopic (exact) mass is 434 g/mol. The van der Waals surface area contributed by atoms with E-state index in [0.717, 1.165) is 32.0 Å². The number of halogens is 1. The first-order valence-electron chi connectivity index (χ1n) is 7.83. The van der Waals surface area contributed by atoms with Crippen molar-refractivity contribution in [2.45, 2.75) is 38.4 Å². The van der Waals surface area contributed by atoms with Crippen LogP contribution in [0.5, 0.6) is 0 Å². The molecule has 0 aromatic carbocycles. The fraction of sp³-hybridized carbons (Fsp3) is 0.625. The number of nitrogens with one attached hydrogen (secondary N) is 2. The molecule has 0 saturated carbocycles. The number of pyridine rings is 1. The van der Waals surface area contributed by atoms with Gasteiger partial charge in [0.1, 0.15) is 0 Å². The molecular formula is C16H27IN4S. The van der Waals surface area contributed by atoms with E-state index in [0.29, 0.717) is 5.25 Å². The molecule has 1 aromatic heterocycles. The zero-order valence-corrected chi connectivity index (χ0v) is 16.6. The van der Waals surface area contributed by atoms with Gasteiger partial charge in [0.25, 0.3) is 0 Å². The number of rotatable bonds is 6. The van der Waals surface area contributed by atoms with Crippen LogP contribution in [0.25, 0.3) is 0 Å². The molecule has 4 nitrogen and oxygen atoms in total. The average molecular weight is 434 g/mol.